The highest BCUT2D eigenvalue weighted by Crippen LogP contribution is 2.22. The van der Waals surface area contributed by atoms with Gasteiger partial charge in [0.25, 0.3) is 11.5 Å². The van der Waals surface area contributed by atoms with Crippen LogP contribution in [0.15, 0.2) is 50.9 Å². The molecule has 0 aliphatic heterocycles. The average molecular weight is 337 g/mol. The summed E-state index contributed by atoms with van der Waals surface area (Å²) in [6, 6.07) is 9.29. The van der Waals surface area contributed by atoms with Crippen LogP contribution in [0, 0.1) is 12.8 Å². The second kappa shape index (κ2) is 6.84. The first-order valence-electron chi connectivity index (χ1n) is 8.09. The smallest absolute Gasteiger partial charge is 0.281 e. The Hall–Kier alpha value is -3.02. The molecule has 0 saturated carbocycles. The van der Waals surface area contributed by atoms with Crippen LogP contribution in [0.4, 0.5) is 0 Å². The summed E-state index contributed by atoms with van der Waals surface area (Å²) < 4.78 is 6.99. The molecule has 25 heavy (non-hydrogen) atoms. The van der Waals surface area contributed by atoms with Crippen molar-refractivity contribution >= 4 is 23.2 Å². The lowest BCUT2D eigenvalue weighted by molar-refractivity contribution is 0.100. The number of aromatic nitrogens is 2. The lowest BCUT2D eigenvalue weighted by Crippen LogP contribution is -2.23. The quantitative estimate of drug-likeness (QED) is 0.685. The molecule has 6 heteroatoms. The van der Waals surface area contributed by atoms with Crippen molar-refractivity contribution in [1.82, 2.24) is 9.55 Å². The van der Waals surface area contributed by atoms with E-state index >= 15 is 0 Å². The number of fused-ring (bicyclic) bond motifs is 1. The fourth-order valence-electron chi connectivity index (χ4n) is 2.66. The Morgan fingerprint density at radius 2 is 2.04 bits per heavy atom. The van der Waals surface area contributed by atoms with E-state index in [1.54, 1.807) is 6.92 Å². The molecule has 0 aliphatic carbocycles. The summed E-state index contributed by atoms with van der Waals surface area (Å²) in [5, 5.41) is 0.191. The van der Waals surface area contributed by atoms with Crippen LogP contribution < -0.4 is 5.56 Å². The molecule has 0 radical (unpaired) electrons. The molecule has 6 nitrogen and oxygen atoms in total. The van der Waals surface area contributed by atoms with Crippen LogP contribution in [0.25, 0.3) is 11.1 Å². The van der Waals surface area contributed by atoms with Gasteiger partial charge in [-0.3, -0.25) is 14.2 Å². The van der Waals surface area contributed by atoms with Gasteiger partial charge in [-0.1, -0.05) is 44.2 Å². The van der Waals surface area contributed by atoms with Gasteiger partial charge in [0.2, 0.25) is 5.71 Å². The molecule has 0 unspecified atom stereocenters. The maximum absolute atomic E-state index is 12.7. The minimum Gasteiger partial charge on any atom is -0.442 e. The highest BCUT2D eigenvalue weighted by atomic mass is 16.3. The summed E-state index contributed by atoms with van der Waals surface area (Å²) in [6.45, 7) is 6.17. The van der Waals surface area contributed by atoms with E-state index in [-0.39, 0.29) is 28.1 Å². The van der Waals surface area contributed by atoms with E-state index in [1.807, 2.05) is 44.2 Å². The number of hydrogen-bond donors (Lipinski definition) is 0. The predicted octanol–water partition coefficient (Wildman–Crippen LogP) is 3.21. The monoisotopic (exact) mass is 337 g/mol. The molecule has 1 amide bonds. The summed E-state index contributed by atoms with van der Waals surface area (Å²) >= 11 is 0. The van der Waals surface area contributed by atoms with E-state index in [4.69, 9.17) is 4.42 Å². The van der Waals surface area contributed by atoms with Gasteiger partial charge in [0.1, 0.15) is 17.5 Å². The van der Waals surface area contributed by atoms with Crippen molar-refractivity contribution in [3.63, 3.8) is 0 Å². The number of rotatable bonds is 4. The first-order valence-corrected chi connectivity index (χ1v) is 8.09. The van der Waals surface area contributed by atoms with Crippen molar-refractivity contribution in [1.29, 1.82) is 0 Å². The molecule has 3 aromatic rings. The number of furan rings is 1. The van der Waals surface area contributed by atoms with Crippen molar-refractivity contribution in [2.75, 3.05) is 0 Å². The van der Waals surface area contributed by atoms with Crippen LogP contribution in [0.5, 0.6) is 0 Å². The van der Waals surface area contributed by atoms with Gasteiger partial charge in [-0.15, -0.1) is 0 Å². The number of aryl methyl sites for hydroxylation is 1. The van der Waals surface area contributed by atoms with Crippen LogP contribution in [-0.4, -0.2) is 21.7 Å². The van der Waals surface area contributed by atoms with Crippen LogP contribution >= 0.6 is 0 Å². The Kier molecular flexibility index (Phi) is 4.61. The second-order valence-corrected chi connectivity index (χ2v) is 6.28. The molecular weight excluding hydrogens is 318 g/mol. The molecule has 0 bridgehead atoms. The summed E-state index contributed by atoms with van der Waals surface area (Å²) in [7, 11) is 0. The molecule has 0 atom stereocenters. The summed E-state index contributed by atoms with van der Waals surface area (Å²) in [5.41, 5.74) is 0.865. The second-order valence-electron chi connectivity index (χ2n) is 6.28. The molecule has 2 heterocycles. The number of hydrogen-bond acceptors (Lipinski definition) is 4. The van der Waals surface area contributed by atoms with Crippen LogP contribution in [0.3, 0.4) is 0 Å². The molecule has 3 rings (SSSR count). The Bertz CT molecular complexity index is 998. The first kappa shape index (κ1) is 16.8. The van der Waals surface area contributed by atoms with E-state index in [2.05, 4.69) is 9.98 Å². The van der Waals surface area contributed by atoms with E-state index in [0.29, 0.717) is 12.3 Å². The number of amides is 1. The Balaban J connectivity index is 2.06. The molecule has 0 aliphatic rings. The topological polar surface area (TPSA) is 77.5 Å². The highest BCUT2D eigenvalue weighted by molar-refractivity contribution is 6.09. The molecule has 0 fully saturated rings. The molecular formula is C19H19N3O3. The van der Waals surface area contributed by atoms with Crippen molar-refractivity contribution < 1.29 is 9.21 Å². The summed E-state index contributed by atoms with van der Waals surface area (Å²) in [5.74, 6) is 0.110. The number of benzene rings is 1. The third kappa shape index (κ3) is 3.42. The van der Waals surface area contributed by atoms with Crippen LogP contribution in [-0.2, 0) is 6.54 Å². The van der Waals surface area contributed by atoms with Gasteiger partial charge in [-0.2, -0.15) is 0 Å². The first-order chi connectivity index (χ1) is 12.0. The van der Waals surface area contributed by atoms with Crippen molar-refractivity contribution in [2.45, 2.75) is 27.3 Å². The third-order valence-corrected chi connectivity index (χ3v) is 3.76. The molecule has 128 valence electrons. The minimum atomic E-state index is -0.513. The number of nitrogens with zero attached hydrogens (tertiary/aromatic N) is 3. The van der Waals surface area contributed by atoms with Crippen LogP contribution in [0.1, 0.15) is 35.5 Å². The standard InChI is InChI=1S/C19H19N3O3/c1-12(2)10-22-11-21-18-16(19(22)24)15(13(3)25-18)17(23)20-9-14-7-5-4-6-8-14/h4-9,11-12H,10H2,1-3H3/b20-9+. The fraction of sp³-hybridized carbons (Fsp3) is 0.263. The van der Waals surface area contributed by atoms with Crippen molar-refractivity contribution in [3.8, 4) is 0 Å². The van der Waals surface area contributed by atoms with E-state index in [9.17, 15) is 9.59 Å². The maximum Gasteiger partial charge on any atom is 0.281 e. The zero-order valence-electron chi connectivity index (χ0n) is 14.4. The molecule has 1 aromatic carbocycles. The van der Waals surface area contributed by atoms with Crippen LogP contribution in [0.2, 0.25) is 0 Å². The van der Waals surface area contributed by atoms with Gasteiger partial charge in [-0.05, 0) is 18.4 Å². The molecule has 2 aromatic heterocycles. The SMILES string of the molecule is Cc1oc2ncn(CC(C)C)c(=O)c2c1C(=O)/N=C/c1ccccc1. The number of aliphatic imine (C=N–C) groups is 1. The van der Waals surface area contributed by atoms with E-state index < -0.39 is 5.91 Å². The average Bonchev–Trinajstić information content (AvgIpc) is 2.93. The van der Waals surface area contributed by atoms with Gasteiger partial charge in [-0.25, -0.2) is 9.98 Å². The zero-order valence-corrected chi connectivity index (χ0v) is 14.4. The summed E-state index contributed by atoms with van der Waals surface area (Å²) in [6.07, 6.45) is 2.93. The maximum atomic E-state index is 12.7. The van der Waals surface area contributed by atoms with Crippen molar-refractivity contribution in [3.05, 3.63) is 63.9 Å². The highest BCUT2D eigenvalue weighted by Gasteiger charge is 2.22. The summed E-state index contributed by atoms with van der Waals surface area (Å²) in [4.78, 5) is 33.5. The van der Waals surface area contributed by atoms with Crippen molar-refractivity contribution in [2.24, 2.45) is 10.9 Å². The van der Waals surface area contributed by atoms with E-state index in [1.165, 1.54) is 17.1 Å². The predicted molar refractivity (Wildman–Crippen MR) is 96.2 cm³/mol. The van der Waals surface area contributed by atoms with Gasteiger partial charge in [0.15, 0.2) is 0 Å². The number of carbonyl (C=O) groups is 1. The third-order valence-electron chi connectivity index (χ3n) is 3.76. The Morgan fingerprint density at radius 1 is 1.32 bits per heavy atom. The Morgan fingerprint density at radius 3 is 2.72 bits per heavy atom. The molecule has 0 saturated heterocycles. The van der Waals surface area contributed by atoms with Gasteiger partial charge < -0.3 is 4.42 Å². The molecule has 0 spiro atoms. The minimum absolute atomic E-state index is 0.167. The largest absolute Gasteiger partial charge is 0.442 e. The fourth-order valence-corrected chi connectivity index (χ4v) is 2.66. The zero-order chi connectivity index (χ0) is 18.0. The lowest BCUT2D eigenvalue weighted by atomic mass is 10.1. The van der Waals surface area contributed by atoms with Gasteiger partial charge in [0.05, 0.1) is 5.56 Å². The lowest BCUT2D eigenvalue weighted by Gasteiger charge is -2.07. The van der Waals surface area contributed by atoms with E-state index in [0.717, 1.165) is 5.56 Å². The molecule has 0 N–H and O–H groups in total. The van der Waals surface area contributed by atoms with Gasteiger partial charge in [0, 0.05) is 12.8 Å². The van der Waals surface area contributed by atoms with Gasteiger partial charge >= 0.3 is 0 Å². The Labute approximate surface area is 144 Å². The number of carbonyl (C=O) groups excluding carboxylic acids is 1. The normalized spacial score (nSPS) is 11.7.